The summed E-state index contributed by atoms with van der Waals surface area (Å²) in [5, 5.41) is 3.16. The molecule has 1 atom stereocenters. The van der Waals surface area contributed by atoms with E-state index < -0.39 is 0 Å². The van der Waals surface area contributed by atoms with Crippen LogP contribution in [0.15, 0.2) is 59.6 Å². The smallest absolute Gasteiger partial charge is 0.188 e. The first-order valence-corrected chi connectivity index (χ1v) is 9.20. The maximum atomic E-state index is 5.90. The molecule has 26 heavy (non-hydrogen) atoms. The molecule has 5 nitrogen and oxygen atoms in total. The van der Waals surface area contributed by atoms with Gasteiger partial charge >= 0.3 is 0 Å². The van der Waals surface area contributed by atoms with Crippen molar-refractivity contribution in [2.45, 2.75) is 32.0 Å². The zero-order valence-corrected chi connectivity index (χ0v) is 15.1. The number of benzene rings is 2. The van der Waals surface area contributed by atoms with Gasteiger partial charge in [-0.3, -0.25) is 4.99 Å². The molecule has 2 aromatic rings. The lowest BCUT2D eigenvalue weighted by Gasteiger charge is -2.09. The van der Waals surface area contributed by atoms with Crippen LogP contribution in [0.4, 0.5) is 0 Å². The highest BCUT2D eigenvalue weighted by atomic mass is 16.5. The number of ether oxygens (including phenoxy) is 2. The molecule has 2 aromatic carbocycles. The summed E-state index contributed by atoms with van der Waals surface area (Å²) < 4.78 is 11.3. The third kappa shape index (κ3) is 6.08. The van der Waals surface area contributed by atoms with Gasteiger partial charge in [0.15, 0.2) is 5.96 Å². The van der Waals surface area contributed by atoms with Gasteiger partial charge in [-0.25, -0.2) is 0 Å². The fourth-order valence-electron chi connectivity index (χ4n) is 2.87. The summed E-state index contributed by atoms with van der Waals surface area (Å²) in [5.41, 5.74) is 8.30. The number of rotatable bonds is 8. The van der Waals surface area contributed by atoms with Crippen molar-refractivity contribution in [3.05, 3.63) is 65.7 Å². The Bertz CT molecular complexity index is 680. The van der Waals surface area contributed by atoms with E-state index in [4.69, 9.17) is 15.2 Å². The van der Waals surface area contributed by atoms with Crippen molar-refractivity contribution >= 4 is 5.96 Å². The average molecular weight is 353 g/mol. The third-order valence-corrected chi connectivity index (χ3v) is 4.38. The molecule has 0 aromatic heterocycles. The van der Waals surface area contributed by atoms with Gasteiger partial charge in [0.1, 0.15) is 12.4 Å². The number of nitrogens with zero attached hydrogens (tertiary/aromatic N) is 1. The van der Waals surface area contributed by atoms with Gasteiger partial charge in [-0.1, -0.05) is 42.5 Å². The number of hydrogen-bond donors (Lipinski definition) is 2. The molecule has 1 aliphatic heterocycles. The largest absolute Gasteiger partial charge is 0.489 e. The van der Waals surface area contributed by atoms with Crippen molar-refractivity contribution < 1.29 is 9.47 Å². The zero-order chi connectivity index (χ0) is 18.0. The molecule has 0 bridgehead atoms. The maximum absolute atomic E-state index is 5.90. The lowest BCUT2D eigenvalue weighted by molar-refractivity contribution is 0.118. The molecule has 1 saturated heterocycles. The standard InChI is InChI=1S/C21H27N3O2/c22-21(24-15-20-7-4-14-25-20)23-13-12-17-8-10-19(11-9-17)26-16-18-5-2-1-3-6-18/h1-3,5-6,8-11,20H,4,7,12-16H2,(H3,22,23,24). The Balaban J connectivity index is 1.36. The van der Waals surface area contributed by atoms with Crippen LogP contribution >= 0.6 is 0 Å². The quantitative estimate of drug-likeness (QED) is 0.566. The Morgan fingerprint density at radius 2 is 1.92 bits per heavy atom. The summed E-state index contributed by atoms with van der Waals surface area (Å²) in [7, 11) is 0. The maximum Gasteiger partial charge on any atom is 0.188 e. The van der Waals surface area contributed by atoms with E-state index in [0.29, 0.717) is 19.1 Å². The van der Waals surface area contributed by atoms with Crippen LogP contribution in [0.2, 0.25) is 0 Å². The van der Waals surface area contributed by atoms with Gasteiger partial charge in [-0.15, -0.1) is 0 Å². The van der Waals surface area contributed by atoms with Gasteiger partial charge in [0.25, 0.3) is 0 Å². The summed E-state index contributed by atoms with van der Waals surface area (Å²) in [6, 6.07) is 18.3. The molecular weight excluding hydrogens is 326 g/mol. The van der Waals surface area contributed by atoms with E-state index in [1.807, 2.05) is 30.3 Å². The van der Waals surface area contributed by atoms with Crippen LogP contribution in [0.5, 0.6) is 5.75 Å². The molecular formula is C21H27N3O2. The van der Waals surface area contributed by atoms with Crippen molar-refractivity contribution in [3.63, 3.8) is 0 Å². The third-order valence-electron chi connectivity index (χ3n) is 4.38. The average Bonchev–Trinajstić information content (AvgIpc) is 3.20. The molecule has 1 aliphatic rings. The van der Waals surface area contributed by atoms with Crippen molar-refractivity contribution in [3.8, 4) is 5.75 Å². The Labute approximate surface area is 155 Å². The Morgan fingerprint density at radius 1 is 1.12 bits per heavy atom. The second-order valence-corrected chi connectivity index (χ2v) is 6.46. The minimum atomic E-state index is 0.235. The number of nitrogens with two attached hydrogens (primary N) is 1. The minimum Gasteiger partial charge on any atom is -0.489 e. The van der Waals surface area contributed by atoms with E-state index >= 15 is 0 Å². The van der Waals surface area contributed by atoms with Gasteiger partial charge in [0.2, 0.25) is 0 Å². The Morgan fingerprint density at radius 3 is 2.65 bits per heavy atom. The first-order chi connectivity index (χ1) is 12.8. The molecule has 1 fully saturated rings. The fraction of sp³-hybridized carbons (Fsp3) is 0.381. The van der Waals surface area contributed by atoms with Gasteiger partial charge in [-0.2, -0.15) is 0 Å². The Hall–Kier alpha value is -2.53. The number of nitrogens with one attached hydrogen (secondary N) is 1. The summed E-state index contributed by atoms with van der Waals surface area (Å²) in [5.74, 6) is 1.37. The second-order valence-electron chi connectivity index (χ2n) is 6.46. The number of aliphatic imine (C=N–C) groups is 1. The molecule has 138 valence electrons. The van der Waals surface area contributed by atoms with E-state index in [1.165, 1.54) is 11.1 Å². The lowest BCUT2D eigenvalue weighted by Crippen LogP contribution is -2.34. The number of guanidine groups is 1. The van der Waals surface area contributed by atoms with Gasteiger partial charge in [0.05, 0.1) is 12.6 Å². The molecule has 5 heteroatoms. The van der Waals surface area contributed by atoms with Crippen LogP contribution in [-0.2, 0) is 17.8 Å². The summed E-state index contributed by atoms with van der Waals surface area (Å²) in [6.07, 6.45) is 3.32. The van der Waals surface area contributed by atoms with Crippen LogP contribution in [0.1, 0.15) is 24.0 Å². The first-order valence-electron chi connectivity index (χ1n) is 9.20. The van der Waals surface area contributed by atoms with Crippen molar-refractivity contribution in [1.82, 2.24) is 5.32 Å². The monoisotopic (exact) mass is 353 g/mol. The van der Waals surface area contributed by atoms with E-state index in [9.17, 15) is 0 Å². The van der Waals surface area contributed by atoms with Crippen molar-refractivity contribution in [2.24, 2.45) is 10.7 Å². The van der Waals surface area contributed by atoms with Crippen LogP contribution in [0.25, 0.3) is 0 Å². The molecule has 3 N–H and O–H groups in total. The zero-order valence-electron chi connectivity index (χ0n) is 15.1. The van der Waals surface area contributed by atoms with Crippen molar-refractivity contribution in [2.75, 3.05) is 19.7 Å². The SMILES string of the molecule is NC(=NCC1CCCO1)NCCc1ccc(OCc2ccccc2)cc1. The van der Waals surface area contributed by atoms with Gasteiger partial charge < -0.3 is 20.5 Å². The summed E-state index contributed by atoms with van der Waals surface area (Å²) >= 11 is 0. The normalized spacial score (nSPS) is 17.2. The minimum absolute atomic E-state index is 0.235. The molecule has 1 heterocycles. The van der Waals surface area contributed by atoms with Crippen molar-refractivity contribution in [1.29, 1.82) is 0 Å². The van der Waals surface area contributed by atoms with E-state index in [2.05, 4.69) is 34.6 Å². The highest BCUT2D eigenvalue weighted by Crippen LogP contribution is 2.14. The molecule has 0 spiro atoms. The topological polar surface area (TPSA) is 68.9 Å². The molecule has 0 saturated carbocycles. The molecule has 0 aliphatic carbocycles. The van der Waals surface area contributed by atoms with Crippen LogP contribution in [-0.4, -0.2) is 31.8 Å². The van der Waals surface area contributed by atoms with Gasteiger partial charge in [-0.05, 0) is 42.5 Å². The van der Waals surface area contributed by atoms with E-state index in [1.54, 1.807) is 0 Å². The van der Waals surface area contributed by atoms with E-state index in [-0.39, 0.29) is 6.10 Å². The second kappa shape index (κ2) is 9.82. The van der Waals surface area contributed by atoms with Crippen LogP contribution < -0.4 is 15.8 Å². The molecule has 3 rings (SSSR count). The predicted molar refractivity (Wildman–Crippen MR) is 104 cm³/mol. The summed E-state index contributed by atoms with van der Waals surface area (Å²) in [6.45, 7) is 2.83. The first kappa shape index (κ1) is 18.3. The number of hydrogen-bond acceptors (Lipinski definition) is 3. The predicted octanol–water partition coefficient (Wildman–Crippen LogP) is 2.89. The summed E-state index contributed by atoms with van der Waals surface area (Å²) in [4.78, 5) is 4.34. The molecule has 0 amide bonds. The molecule has 1 unspecified atom stereocenters. The van der Waals surface area contributed by atoms with Gasteiger partial charge in [0, 0.05) is 13.2 Å². The molecule has 0 radical (unpaired) electrons. The van der Waals surface area contributed by atoms with Crippen LogP contribution in [0.3, 0.4) is 0 Å². The van der Waals surface area contributed by atoms with Crippen LogP contribution in [0, 0.1) is 0 Å². The van der Waals surface area contributed by atoms with E-state index in [0.717, 1.165) is 38.2 Å². The Kier molecular flexibility index (Phi) is 6.90. The highest BCUT2D eigenvalue weighted by Gasteiger charge is 2.14. The lowest BCUT2D eigenvalue weighted by atomic mass is 10.1. The highest BCUT2D eigenvalue weighted by molar-refractivity contribution is 5.77. The fourth-order valence-corrected chi connectivity index (χ4v) is 2.87.